The highest BCUT2D eigenvalue weighted by molar-refractivity contribution is 5.91. The lowest BCUT2D eigenvalue weighted by Crippen LogP contribution is -2.37. The molecule has 0 radical (unpaired) electrons. The summed E-state index contributed by atoms with van der Waals surface area (Å²) in [6.45, 7) is 3.67. The minimum atomic E-state index is -0.128. The zero-order valence-electron chi connectivity index (χ0n) is 13.4. The first-order valence-electron chi connectivity index (χ1n) is 8.15. The molecule has 2 atom stereocenters. The molecule has 2 aromatic rings. The van der Waals surface area contributed by atoms with Gasteiger partial charge in [0.05, 0.1) is 38.4 Å². The van der Waals surface area contributed by atoms with Crippen LogP contribution in [0.4, 0.5) is 0 Å². The Labute approximate surface area is 140 Å². The maximum atomic E-state index is 12.5. The van der Waals surface area contributed by atoms with E-state index in [0.29, 0.717) is 51.2 Å². The van der Waals surface area contributed by atoms with Crippen LogP contribution in [0.2, 0.25) is 0 Å². The van der Waals surface area contributed by atoms with Gasteiger partial charge in [0.1, 0.15) is 0 Å². The van der Waals surface area contributed by atoms with E-state index in [4.69, 9.17) is 13.9 Å². The number of carbonyl (C=O) groups is 1. The minimum Gasteiger partial charge on any atom is -0.459 e. The van der Waals surface area contributed by atoms with Crippen LogP contribution in [0.25, 0.3) is 0 Å². The van der Waals surface area contributed by atoms with Crippen molar-refractivity contribution in [2.45, 2.75) is 6.61 Å². The van der Waals surface area contributed by atoms with Gasteiger partial charge in [-0.05, 0) is 24.3 Å². The Morgan fingerprint density at radius 3 is 3.12 bits per heavy atom. The van der Waals surface area contributed by atoms with Crippen molar-refractivity contribution in [3.63, 3.8) is 0 Å². The molecule has 0 aromatic carbocycles. The summed E-state index contributed by atoms with van der Waals surface area (Å²) in [5.74, 6) is 0.638. The van der Waals surface area contributed by atoms with Gasteiger partial charge >= 0.3 is 0 Å². The van der Waals surface area contributed by atoms with Gasteiger partial charge in [-0.15, -0.1) is 0 Å². The Hall–Kier alpha value is -2.18. The van der Waals surface area contributed by atoms with Crippen LogP contribution in [-0.2, 0) is 16.1 Å². The van der Waals surface area contributed by atoms with Crippen LogP contribution in [0.3, 0.4) is 0 Å². The Balaban J connectivity index is 1.40. The number of fused-ring (bicyclic) bond motifs is 1. The van der Waals surface area contributed by atoms with E-state index in [1.165, 1.54) is 6.26 Å². The molecule has 2 aromatic heterocycles. The summed E-state index contributed by atoms with van der Waals surface area (Å²) in [7, 11) is 0. The van der Waals surface area contributed by atoms with Crippen LogP contribution in [0.15, 0.2) is 47.2 Å². The number of ether oxygens (including phenoxy) is 2. The number of pyridine rings is 1. The molecule has 0 N–H and O–H groups in total. The molecule has 0 spiro atoms. The van der Waals surface area contributed by atoms with E-state index in [9.17, 15) is 4.79 Å². The largest absolute Gasteiger partial charge is 0.459 e. The van der Waals surface area contributed by atoms with E-state index >= 15 is 0 Å². The zero-order valence-corrected chi connectivity index (χ0v) is 13.4. The lowest BCUT2D eigenvalue weighted by molar-refractivity contribution is 0.0172. The van der Waals surface area contributed by atoms with Crippen molar-refractivity contribution in [1.29, 1.82) is 0 Å². The molecule has 0 unspecified atom stereocenters. The van der Waals surface area contributed by atoms with E-state index in [1.54, 1.807) is 18.3 Å². The highest BCUT2D eigenvalue weighted by Crippen LogP contribution is 2.42. The highest BCUT2D eigenvalue weighted by atomic mass is 16.5. The summed E-state index contributed by atoms with van der Waals surface area (Å²) in [6, 6.07) is 9.22. The lowest BCUT2D eigenvalue weighted by atomic mass is 9.82. The average Bonchev–Trinajstić information content (AvgIpc) is 3.31. The Morgan fingerprint density at radius 1 is 1.38 bits per heavy atom. The molecular formula is C18H20N2O4. The third-order valence-corrected chi connectivity index (χ3v) is 4.91. The maximum absolute atomic E-state index is 12.5. The molecule has 4 heterocycles. The molecular weight excluding hydrogens is 308 g/mol. The van der Waals surface area contributed by atoms with Crippen molar-refractivity contribution >= 4 is 5.91 Å². The van der Waals surface area contributed by atoms with Crippen LogP contribution >= 0.6 is 0 Å². The Morgan fingerprint density at radius 2 is 2.33 bits per heavy atom. The number of likely N-dealkylation sites (tertiary alicyclic amines) is 1. The average molecular weight is 328 g/mol. The van der Waals surface area contributed by atoms with Crippen LogP contribution in [0, 0.1) is 11.3 Å². The molecule has 6 heteroatoms. The summed E-state index contributed by atoms with van der Waals surface area (Å²) >= 11 is 0. The van der Waals surface area contributed by atoms with Crippen molar-refractivity contribution in [2.75, 3.05) is 32.9 Å². The molecule has 2 saturated heterocycles. The predicted molar refractivity (Wildman–Crippen MR) is 85.2 cm³/mol. The minimum absolute atomic E-state index is 0.0569. The van der Waals surface area contributed by atoms with Crippen molar-refractivity contribution < 1.29 is 18.7 Å². The van der Waals surface area contributed by atoms with E-state index in [1.807, 2.05) is 23.1 Å². The van der Waals surface area contributed by atoms with Crippen molar-refractivity contribution in [2.24, 2.45) is 11.3 Å². The molecule has 2 aliphatic rings. The summed E-state index contributed by atoms with van der Waals surface area (Å²) in [5, 5.41) is 0. The van der Waals surface area contributed by atoms with Crippen molar-refractivity contribution in [3.8, 4) is 0 Å². The van der Waals surface area contributed by atoms with E-state index < -0.39 is 0 Å². The van der Waals surface area contributed by atoms with E-state index in [2.05, 4.69) is 4.98 Å². The number of furan rings is 1. The zero-order chi connectivity index (χ0) is 16.4. The molecule has 6 nitrogen and oxygen atoms in total. The van der Waals surface area contributed by atoms with Crippen LogP contribution < -0.4 is 0 Å². The maximum Gasteiger partial charge on any atom is 0.289 e. The van der Waals surface area contributed by atoms with Gasteiger partial charge in [-0.3, -0.25) is 9.78 Å². The van der Waals surface area contributed by atoms with Gasteiger partial charge in [0, 0.05) is 30.6 Å². The summed E-state index contributed by atoms with van der Waals surface area (Å²) in [5.41, 5.74) is 0.780. The lowest BCUT2D eigenvalue weighted by Gasteiger charge is -2.26. The number of amides is 1. The monoisotopic (exact) mass is 328 g/mol. The molecule has 2 fully saturated rings. The van der Waals surface area contributed by atoms with Crippen molar-refractivity contribution in [1.82, 2.24) is 9.88 Å². The highest BCUT2D eigenvalue weighted by Gasteiger charge is 2.52. The van der Waals surface area contributed by atoms with Gasteiger partial charge in [-0.25, -0.2) is 0 Å². The molecule has 0 saturated carbocycles. The summed E-state index contributed by atoms with van der Waals surface area (Å²) in [6.07, 6.45) is 3.29. The summed E-state index contributed by atoms with van der Waals surface area (Å²) in [4.78, 5) is 18.6. The molecule has 0 aliphatic carbocycles. The molecule has 4 rings (SSSR count). The second-order valence-electron chi connectivity index (χ2n) is 6.55. The first kappa shape index (κ1) is 15.4. The first-order valence-corrected chi connectivity index (χ1v) is 8.15. The standard InChI is InChI=1S/C18H20N2O4/c21-17(16-5-3-7-24-16)20-8-14-9-22-12-18(14,11-20)13-23-10-15-4-1-2-6-19-15/h1-7,14H,8-13H2/t14-,18+/m1/s1. The van der Waals surface area contributed by atoms with Gasteiger partial charge in [-0.1, -0.05) is 6.07 Å². The molecule has 126 valence electrons. The normalized spacial score (nSPS) is 25.8. The van der Waals surface area contributed by atoms with Gasteiger partial charge in [0.2, 0.25) is 0 Å². The first-order chi connectivity index (χ1) is 11.8. The predicted octanol–water partition coefficient (Wildman–Crippen LogP) is 1.98. The van der Waals surface area contributed by atoms with E-state index in [0.717, 1.165) is 5.69 Å². The smallest absolute Gasteiger partial charge is 0.289 e. The Kier molecular flexibility index (Phi) is 4.08. The number of hydrogen-bond acceptors (Lipinski definition) is 5. The second-order valence-corrected chi connectivity index (χ2v) is 6.55. The fraction of sp³-hybridized carbons (Fsp3) is 0.444. The molecule has 2 aliphatic heterocycles. The fourth-order valence-corrected chi connectivity index (χ4v) is 3.59. The SMILES string of the molecule is O=C(c1ccco1)N1C[C@@H]2COC[C@]2(COCc2ccccn2)C1. The van der Waals surface area contributed by atoms with Gasteiger partial charge in [0.15, 0.2) is 5.76 Å². The Bertz CT molecular complexity index is 688. The number of hydrogen-bond donors (Lipinski definition) is 0. The molecule has 1 amide bonds. The number of rotatable bonds is 5. The van der Waals surface area contributed by atoms with Crippen LogP contribution in [0.5, 0.6) is 0 Å². The third-order valence-electron chi connectivity index (χ3n) is 4.91. The number of aromatic nitrogens is 1. The van der Waals surface area contributed by atoms with E-state index in [-0.39, 0.29) is 11.3 Å². The van der Waals surface area contributed by atoms with Gasteiger partial charge in [0.25, 0.3) is 5.91 Å². The third kappa shape index (κ3) is 2.83. The van der Waals surface area contributed by atoms with Gasteiger partial charge < -0.3 is 18.8 Å². The quantitative estimate of drug-likeness (QED) is 0.840. The van der Waals surface area contributed by atoms with Crippen LogP contribution in [-0.4, -0.2) is 48.7 Å². The number of nitrogens with zero attached hydrogens (tertiary/aromatic N) is 2. The molecule has 0 bridgehead atoms. The second kappa shape index (κ2) is 6.37. The summed E-state index contributed by atoms with van der Waals surface area (Å²) < 4.78 is 16.8. The van der Waals surface area contributed by atoms with Gasteiger partial charge in [-0.2, -0.15) is 0 Å². The van der Waals surface area contributed by atoms with Crippen LogP contribution in [0.1, 0.15) is 16.2 Å². The number of carbonyl (C=O) groups excluding carboxylic acids is 1. The fourth-order valence-electron chi connectivity index (χ4n) is 3.59. The molecule has 24 heavy (non-hydrogen) atoms. The topological polar surface area (TPSA) is 64.8 Å². The van der Waals surface area contributed by atoms with Crippen molar-refractivity contribution in [3.05, 3.63) is 54.2 Å².